The minimum atomic E-state index is -0.0865. The van der Waals surface area contributed by atoms with Crippen LogP contribution < -0.4 is 4.90 Å². The van der Waals surface area contributed by atoms with E-state index < -0.39 is 0 Å². The zero-order valence-corrected chi connectivity index (χ0v) is 17.0. The van der Waals surface area contributed by atoms with Crippen molar-refractivity contribution in [3.63, 3.8) is 0 Å². The highest BCUT2D eigenvalue weighted by atomic mass is 16.2. The SMILES string of the molecule is CN(C)CCC1CCN(C(=O)C2CCCN2c2ncnc3ccccc23)CC1. The number of anilines is 1. The molecule has 1 aromatic carbocycles. The lowest BCUT2D eigenvalue weighted by molar-refractivity contribution is -0.133. The van der Waals surface area contributed by atoms with E-state index in [1.54, 1.807) is 6.33 Å². The third-order valence-corrected chi connectivity index (χ3v) is 6.24. The van der Waals surface area contributed by atoms with Crippen LogP contribution in [0.4, 0.5) is 5.82 Å². The van der Waals surface area contributed by atoms with E-state index in [1.807, 2.05) is 18.2 Å². The number of benzene rings is 1. The molecular formula is C22H31N5O. The van der Waals surface area contributed by atoms with Crippen LogP contribution in [0, 0.1) is 5.92 Å². The summed E-state index contributed by atoms with van der Waals surface area (Å²) in [5.74, 6) is 1.94. The van der Waals surface area contributed by atoms with Gasteiger partial charge in [-0.1, -0.05) is 12.1 Å². The average Bonchev–Trinajstić information content (AvgIpc) is 3.21. The highest BCUT2D eigenvalue weighted by molar-refractivity contribution is 5.93. The van der Waals surface area contributed by atoms with E-state index in [2.05, 4.69) is 44.8 Å². The number of carbonyl (C=O) groups is 1. The van der Waals surface area contributed by atoms with E-state index in [1.165, 1.54) is 6.42 Å². The molecule has 1 aromatic heterocycles. The number of nitrogens with zero attached hydrogens (tertiary/aromatic N) is 5. The van der Waals surface area contributed by atoms with Crippen molar-refractivity contribution >= 4 is 22.6 Å². The van der Waals surface area contributed by atoms with E-state index >= 15 is 0 Å². The van der Waals surface area contributed by atoms with Gasteiger partial charge in [0.2, 0.25) is 5.91 Å². The monoisotopic (exact) mass is 381 g/mol. The van der Waals surface area contributed by atoms with Crippen molar-refractivity contribution < 1.29 is 4.79 Å². The molecule has 28 heavy (non-hydrogen) atoms. The molecule has 0 radical (unpaired) electrons. The van der Waals surface area contributed by atoms with Crippen molar-refractivity contribution in [1.29, 1.82) is 0 Å². The standard InChI is InChI=1S/C22H31N5O/c1-25(2)13-9-17-10-14-26(15-11-17)22(28)20-8-5-12-27(20)21-18-6-3-4-7-19(18)23-16-24-21/h3-4,6-7,16-17,20H,5,8-15H2,1-2H3. The molecule has 1 unspecified atom stereocenters. The first-order chi connectivity index (χ1) is 13.6. The fourth-order valence-electron chi connectivity index (χ4n) is 4.59. The molecule has 0 spiro atoms. The van der Waals surface area contributed by atoms with Gasteiger partial charge in [-0.25, -0.2) is 9.97 Å². The van der Waals surface area contributed by atoms with Gasteiger partial charge in [-0.2, -0.15) is 0 Å². The Hall–Kier alpha value is -2.21. The molecule has 2 fully saturated rings. The van der Waals surface area contributed by atoms with Gasteiger partial charge in [-0.15, -0.1) is 0 Å². The number of amides is 1. The summed E-state index contributed by atoms with van der Waals surface area (Å²) in [4.78, 5) is 28.8. The van der Waals surface area contributed by atoms with Crippen LogP contribution in [-0.4, -0.2) is 72.0 Å². The van der Waals surface area contributed by atoms with E-state index in [4.69, 9.17) is 0 Å². The molecule has 2 aliphatic heterocycles. The summed E-state index contributed by atoms with van der Waals surface area (Å²) >= 11 is 0. The van der Waals surface area contributed by atoms with Gasteiger partial charge in [0.05, 0.1) is 5.52 Å². The zero-order chi connectivity index (χ0) is 19.5. The van der Waals surface area contributed by atoms with E-state index in [0.29, 0.717) is 0 Å². The minimum absolute atomic E-state index is 0.0865. The van der Waals surface area contributed by atoms with Crippen molar-refractivity contribution in [2.75, 3.05) is 45.2 Å². The lowest BCUT2D eigenvalue weighted by atomic mass is 9.93. The Morgan fingerprint density at radius 2 is 1.89 bits per heavy atom. The maximum atomic E-state index is 13.3. The van der Waals surface area contributed by atoms with Crippen LogP contribution in [0.3, 0.4) is 0 Å². The van der Waals surface area contributed by atoms with Gasteiger partial charge >= 0.3 is 0 Å². The van der Waals surface area contributed by atoms with Gasteiger partial charge in [0, 0.05) is 25.0 Å². The summed E-state index contributed by atoms with van der Waals surface area (Å²) in [6, 6.07) is 7.98. The number of carbonyl (C=O) groups excluding carboxylic acids is 1. The second-order valence-electron chi connectivity index (χ2n) is 8.43. The van der Waals surface area contributed by atoms with Crippen molar-refractivity contribution in [2.24, 2.45) is 5.92 Å². The first-order valence-corrected chi connectivity index (χ1v) is 10.5. The number of hydrogen-bond donors (Lipinski definition) is 0. The molecule has 0 aliphatic carbocycles. The molecule has 2 aliphatic rings. The van der Waals surface area contributed by atoms with Gasteiger partial charge in [0.15, 0.2) is 0 Å². The number of para-hydroxylation sites is 1. The van der Waals surface area contributed by atoms with E-state index in [0.717, 1.165) is 74.5 Å². The van der Waals surface area contributed by atoms with Crippen molar-refractivity contribution in [3.8, 4) is 0 Å². The van der Waals surface area contributed by atoms with E-state index in [9.17, 15) is 4.79 Å². The molecule has 2 saturated heterocycles. The molecule has 6 heteroatoms. The van der Waals surface area contributed by atoms with Crippen molar-refractivity contribution in [1.82, 2.24) is 19.8 Å². The molecule has 4 rings (SSSR count). The third kappa shape index (κ3) is 3.97. The Labute approximate surface area is 167 Å². The fraction of sp³-hybridized carbons (Fsp3) is 0.591. The Balaban J connectivity index is 1.44. The van der Waals surface area contributed by atoms with Gasteiger partial charge in [0.25, 0.3) is 0 Å². The first kappa shape index (κ1) is 19.1. The third-order valence-electron chi connectivity index (χ3n) is 6.24. The molecule has 6 nitrogen and oxygen atoms in total. The summed E-state index contributed by atoms with van der Waals surface area (Å²) in [5, 5.41) is 1.03. The lowest BCUT2D eigenvalue weighted by Gasteiger charge is -2.36. The predicted octanol–water partition coefficient (Wildman–Crippen LogP) is 2.79. The Morgan fingerprint density at radius 1 is 1.11 bits per heavy atom. The average molecular weight is 382 g/mol. The first-order valence-electron chi connectivity index (χ1n) is 10.5. The summed E-state index contributed by atoms with van der Waals surface area (Å²) in [6.07, 6.45) is 7.06. The summed E-state index contributed by atoms with van der Waals surface area (Å²) in [6.45, 7) is 3.81. The molecule has 3 heterocycles. The number of likely N-dealkylation sites (tertiary alicyclic amines) is 1. The number of fused-ring (bicyclic) bond motifs is 1. The number of hydrogen-bond acceptors (Lipinski definition) is 5. The maximum absolute atomic E-state index is 13.3. The highest BCUT2D eigenvalue weighted by Gasteiger charge is 2.36. The van der Waals surface area contributed by atoms with Crippen LogP contribution >= 0.6 is 0 Å². The lowest BCUT2D eigenvalue weighted by Crippen LogP contribution is -2.49. The van der Waals surface area contributed by atoms with Crippen LogP contribution in [0.15, 0.2) is 30.6 Å². The predicted molar refractivity (Wildman–Crippen MR) is 112 cm³/mol. The maximum Gasteiger partial charge on any atom is 0.245 e. The normalized spacial score (nSPS) is 21.0. The van der Waals surface area contributed by atoms with Gasteiger partial charge in [-0.3, -0.25) is 4.79 Å². The second kappa shape index (κ2) is 8.43. The molecule has 150 valence electrons. The summed E-state index contributed by atoms with van der Waals surface area (Å²) < 4.78 is 0. The summed E-state index contributed by atoms with van der Waals surface area (Å²) in [7, 11) is 4.26. The van der Waals surface area contributed by atoms with Crippen LogP contribution in [0.25, 0.3) is 10.9 Å². The molecule has 0 saturated carbocycles. The van der Waals surface area contributed by atoms with Crippen LogP contribution in [0.2, 0.25) is 0 Å². The Bertz CT molecular complexity index is 810. The van der Waals surface area contributed by atoms with Crippen LogP contribution in [-0.2, 0) is 4.79 Å². The topological polar surface area (TPSA) is 52.6 Å². The number of rotatable bonds is 5. The zero-order valence-electron chi connectivity index (χ0n) is 17.0. The van der Waals surface area contributed by atoms with E-state index in [-0.39, 0.29) is 11.9 Å². The van der Waals surface area contributed by atoms with Crippen LogP contribution in [0.1, 0.15) is 32.1 Å². The molecule has 1 amide bonds. The largest absolute Gasteiger partial charge is 0.344 e. The second-order valence-corrected chi connectivity index (χ2v) is 8.43. The quantitative estimate of drug-likeness (QED) is 0.797. The molecular weight excluding hydrogens is 350 g/mol. The highest BCUT2D eigenvalue weighted by Crippen LogP contribution is 2.31. The van der Waals surface area contributed by atoms with Gasteiger partial charge in [0.1, 0.15) is 18.2 Å². The molecule has 2 aromatic rings. The molecule has 1 atom stereocenters. The minimum Gasteiger partial charge on any atom is -0.344 e. The van der Waals surface area contributed by atoms with Crippen LogP contribution in [0.5, 0.6) is 0 Å². The van der Waals surface area contributed by atoms with Crippen molar-refractivity contribution in [3.05, 3.63) is 30.6 Å². The molecule has 0 bridgehead atoms. The fourth-order valence-corrected chi connectivity index (χ4v) is 4.59. The smallest absolute Gasteiger partial charge is 0.245 e. The number of piperidine rings is 1. The Kier molecular flexibility index (Phi) is 5.76. The van der Waals surface area contributed by atoms with Crippen molar-refractivity contribution in [2.45, 2.75) is 38.1 Å². The Morgan fingerprint density at radius 3 is 2.68 bits per heavy atom. The summed E-state index contributed by atoms with van der Waals surface area (Å²) in [5.41, 5.74) is 0.937. The van der Waals surface area contributed by atoms with Gasteiger partial charge < -0.3 is 14.7 Å². The van der Waals surface area contributed by atoms with Gasteiger partial charge in [-0.05, 0) is 70.8 Å². The number of aromatic nitrogens is 2. The molecule has 0 N–H and O–H groups in total.